The number of amides is 1. The fourth-order valence-electron chi connectivity index (χ4n) is 4.61. The van der Waals surface area contributed by atoms with Gasteiger partial charge in [0.1, 0.15) is 10.6 Å². The standard InChI is InChI=1S/C29H31N3O5S/c1-7-35-23-14-19(8-9-21(23)36-11-10-15(2)3)25-24-26(33)20-12-16(4)17(5)13-22(20)37-27(24)28(34)32(25)29-31-30-18(6)38-29/h8-9,12-15,25H,7,10-11H2,1-6H3. The van der Waals surface area contributed by atoms with Crippen molar-refractivity contribution in [3.05, 3.63) is 73.6 Å². The van der Waals surface area contributed by atoms with Gasteiger partial charge in [-0.05, 0) is 81.0 Å². The summed E-state index contributed by atoms with van der Waals surface area (Å²) in [5.74, 6) is 1.29. The van der Waals surface area contributed by atoms with Crippen LogP contribution in [0.25, 0.3) is 11.0 Å². The quantitative estimate of drug-likeness (QED) is 0.268. The van der Waals surface area contributed by atoms with E-state index in [0.29, 0.717) is 57.3 Å². The van der Waals surface area contributed by atoms with Gasteiger partial charge in [-0.2, -0.15) is 0 Å². The maximum Gasteiger partial charge on any atom is 0.297 e. The molecule has 0 radical (unpaired) electrons. The van der Waals surface area contributed by atoms with Crippen LogP contribution in [0, 0.1) is 26.7 Å². The molecular weight excluding hydrogens is 502 g/mol. The van der Waals surface area contributed by atoms with Gasteiger partial charge in [-0.15, -0.1) is 10.2 Å². The first-order valence-corrected chi connectivity index (χ1v) is 13.6. The van der Waals surface area contributed by atoms with Gasteiger partial charge in [0, 0.05) is 0 Å². The number of aryl methyl sites for hydroxylation is 3. The molecule has 1 aliphatic heterocycles. The summed E-state index contributed by atoms with van der Waals surface area (Å²) in [7, 11) is 0. The Morgan fingerprint density at radius 1 is 1.03 bits per heavy atom. The molecule has 4 aromatic rings. The fourth-order valence-corrected chi connectivity index (χ4v) is 5.33. The van der Waals surface area contributed by atoms with Crippen LogP contribution in [0.5, 0.6) is 11.5 Å². The molecule has 8 nitrogen and oxygen atoms in total. The third-order valence-electron chi connectivity index (χ3n) is 6.74. The number of nitrogens with zero attached hydrogens (tertiary/aromatic N) is 3. The maximum atomic E-state index is 14.0. The highest BCUT2D eigenvalue weighted by Gasteiger charge is 2.45. The average molecular weight is 534 g/mol. The SMILES string of the molecule is CCOc1cc(C2c3c(oc4cc(C)c(C)cc4c3=O)C(=O)N2c2nnc(C)s2)ccc1OCCC(C)C. The number of hydrogen-bond donors (Lipinski definition) is 0. The highest BCUT2D eigenvalue weighted by molar-refractivity contribution is 7.15. The Bertz CT molecular complexity index is 1590. The third-order valence-corrected chi connectivity index (χ3v) is 7.58. The lowest BCUT2D eigenvalue weighted by molar-refractivity contribution is 0.0970. The maximum absolute atomic E-state index is 14.0. The summed E-state index contributed by atoms with van der Waals surface area (Å²) < 4.78 is 18.1. The Kier molecular flexibility index (Phi) is 6.96. The molecule has 1 unspecified atom stereocenters. The van der Waals surface area contributed by atoms with Crippen molar-refractivity contribution in [1.82, 2.24) is 10.2 Å². The predicted octanol–water partition coefficient (Wildman–Crippen LogP) is 6.14. The zero-order valence-corrected chi connectivity index (χ0v) is 23.3. The number of carbonyl (C=O) groups excluding carboxylic acids is 1. The second kappa shape index (κ2) is 10.2. The van der Waals surface area contributed by atoms with Crippen LogP contribution >= 0.6 is 11.3 Å². The lowest BCUT2D eigenvalue weighted by Crippen LogP contribution is -2.29. The Morgan fingerprint density at radius 3 is 2.47 bits per heavy atom. The topological polar surface area (TPSA) is 94.8 Å². The normalized spacial score (nSPS) is 15.0. The van der Waals surface area contributed by atoms with Crippen molar-refractivity contribution < 1.29 is 18.7 Å². The second-order valence-electron chi connectivity index (χ2n) is 9.96. The van der Waals surface area contributed by atoms with Crippen molar-refractivity contribution >= 4 is 33.3 Å². The highest BCUT2D eigenvalue weighted by atomic mass is 32.1. The van der Waals surface area contributed by atoms with E-state index in [1.807, 2.05) is 58.0 Å². The summed E-state index contributed by atoms with van der Waals surface area (Å²) in [6.07, 6.45) is 0.912. The van der Waals surface area contributed by atoms with E-state index in [4.69, 9.17) is 13.9 Å². The Balaban J connectivity index is 1.69. The molecule has 0 spiro atoms. The predicted molar refractivity (Wildman–Crippen MR) is 148 cm³/mol. The molecule has 38 heavy (non-hydrogen) atoms. The van der Waals surface area contributed by atoms with Crippen LogP contribution in [0.15, 0.2) is 39.5 Å². The van der Waals surface area contributed by atoms with Gasteiger partial charge in [0.05, 0.1) is 30.2 Å². The monoisotopic (exact) mass is 533 g/mol. The Labute approximate surface area is 225 Å². The van der Waals surface area contributed by atoms with Crippen LogP contribution in [-0.2, 0) is 0 Å². The van der Waals surface area contributed by atoms with E-state index in [0.717, 1.165) is 17.5 Å². The summed E-state index contributed by atoms with van der Waals surface area (Å²) in [6, 6.07) is 8.42. The number of aromatic nitrogens is 2. The number of benzene rings is 2. The van der Waals surface area contributed by atoms with Crippen LogP contribution in [0.4, 0.5) is 5.13 Å². The van der Waals surface area contributed by atoms with Gasteiger partial charge in [0.25, 0.3) is 5.91 Å². The first-order valence-electron chi connectivity index (χ1n) is 12.8. The average Bonchev–Trinajstić information content (AvgIpc) is 3.42. The molecule has 1 aliphatic rings. The van der Waals surface area contributed by atoms with Crippen molar-refractivity contribution in [3.8, 4) is 11.5 Å². The van der Waals surface area contributed by atoms with Gasteiger partial charge < -0.3 is 13.9 Å². The summed E-state index contributed by atoms with van der Waals surface area (Å²) in [4.78, 5) is 29.3. The molecule has 0 bridgehead atoms. The van der Waals surface area contributed by atoms with Gasteiger partial charge >= 0.3 is 0 Å². The fraction of sp³-hybridized carbons (Fsp3) is 0.379. The molecule has 0 fully saturated rings. The molecule has 0 N–H and O–H groups in total. The molecule has 5 rings (SSSR count). The number of rotatable bonds is 8. The molecule has 0 aliphatic carbocycles. The van der Waals surface area contributed by atoms with Crippen molar-refractivity contribution in [2.24, 2.45) is 5.92 Å². The molecule has 2 aromatic heterocycles. The molecule has 2 aromatic carbocycles. The van der Waals surface area contributed by atoms with E-state index in [9.17, 15) is 9.59 Å². The van der Waals surface area contributed by atoms with Crippen LogP contribution in [0.3, 0.4) is 0 Å². The summed E-state index contributed by atoms with van der Waals surface area (Å²) in [5, 5.41) is 9.91. The minimum atomic E-state index is -0.754. The summed E-state index contributed by atoms with van der Waals surface area (Å²) in [5.41, 5.74) is 3.09. The van der Waals surface area contributed by atoms with Gasteiger partial charge in [-0.1, -0.05) is 31.3 Å². The smallest absolute Gasteiger partial charge is 0.297 e. The molecule has 0 saturated carbocycles. The van der Waals surface area contributed by atoms with Crippen LogP contribution in [0.1, 0.15) is 71.1 Å². The van der Waals surface area contributed by atoms with E-state index in [-0.39, 0.29) is 16.8 Å². The number of anilines is 1. The summed E-state index contributed by atoms with van der Waals surface area (Å²) in [6.45, 7) is 12.9. The number of hydrogen-bond acceptors (Lipinski definition) is 8. The molecular formula is C29H31N3O5S. The molecule has 198 valence electrons. The molecule has 3 heterocycles. The van der Waals surface area contributed by atoms with Crippen molar-refractivity contribution in [2.45, 2.75) is 54.0 Å². The lowest BCUT2D eigenvalue weighted by atomic mass is 9.97. The van der Waals surface area contributed by atoms with E-state index in [1.54, 1.807) is 0 Å². The Hall–Kier alpha value is -3.72. The largest absolute Gasteiger partial charge is 0.490 e. The zero-order chi connectivity index (χ0) is 27.1. The van der Waals surface area contributed by atoms with Crippen LogP contribution < -0.4 is 19.8 Å². The van der Waals surface area contributed by atoms with Crippen molar-refractivity contribution in [3.63, 3.8) is 0 Å². The molecule has 1 atom stereocenters. The number of ether oxygens (including phenoxy) is 2. The van der Waals surface area contributed by atoms with Gasteiger partial charge in [-0.3, -0.25) is 14.5 Å². The molecule has 0 saturated heterocycles. The zero-order valence-electron chi connectivity index (χ0n) is 22.5. The van der Waals surface area contributed by atoms with Gasteiger partial charge in [0.15, 0.2) is 16.9 Å². The minimum absolute atomic E-state index is 0.0267. The van der Waals surface area contributed by atoms with Crippen molar-refractivity contribution in [2.75, 3.05) is 18.1 Å². The van der Waals surface area contributed by atoms with Crippen LogP contribution in [-0.4, -0.2) is 29.3 Å². The molecule has 9 heteroatoms. The third kappa shape index (κ3) is 4.55. The van der Waals surface area contributed by atoms with E-state index in [2.05, 4.69) is 24.0 Å². The summed E-state index contributed by atoms with van der Waals surface area (Å²) >= 11 is 1.29. The minimum Gasteiger partial charge on any atom is -0.490 e. The lowest BCUT2D eigenvalue weighted by Gasteiger charge is -2.23. The number of fused-ring (bicyclic) bond motifs is 2. The first kappa shape index (κ1) is 25.9. The van der Waals surface area contributed by atoms with Crippen LogP contribution in [0.2, 0.25) is 0 Å². The second-order valence-corrected chi connectivity index (χ2v) is 11.1. The first-order chi connectivity index (χ1) is 18.2. The van der Waals surface area contributed by atoms with Gasteiger partial charge in [-0.25, -0.2) is 0 Å². The van der Waals surface area contributed by atoms with E-state index in [1.165, 1.54) is 16.2 Å². The number of carbonyl (C=O) groups is 1. The Morgan fingerprint density at radius 2 is 1.79 bits per heavy atom. The van der Waals surface area contributed by atoms with Crippen molar-refractivity contribution in [1.29, 1.82) is 0 Å². The molecule has 1 amide bonds. The van der Waals surface area contributed by atoms with E-state index < -0.39 is 11.9 Å². The highest BCUT2D eigenvalue weighted by Crippen LogP contribution is 2.44. The van der Waals surface area contributed by atoms with Gasteiger partial charge in [0.2, 0.25) is 10.9 Å². The van der Waals surface area contributed by atoms with E-state index >= 15 is 0 Å².